The van der Waals surface area contributed by atoms with Crippen LogP contribution in [0.4, 0.5) is 0 Å². The van der Waals surface area contributed by atoms with E-state index in [2.05, 4.69) is 15.0 Å². The van der Waals surface area contributed by atoms with E-state index in [1.165, 1.54) is 7.11 Å². The monoisotopic (exact) mass is 238 g/mol. The molecule has 0 bridgehead atoms. The van der Waals surface area contributed by atoms with Gasteiger partial charge in [0, 0.05) is 11.9 Å². The Morgan fingerprint density at radius 3 is 2.88 bits per heavy atom. The summed E-state index contributed by atoms with van der Waals surface area (Å²) < 4.78 is 4.31. The number of esters is 1. The average Bonchev–Trinajstić information content (AvgIpc) is 2.36. The second kappa shape index (κ2) is 6.59. The van der Waals surface area contributed by atoms with Crippen LogP contribution in [0.15, 0.2) is 24.4 Å². The van der Waals surface area contributed by atoms with Gasteiger partial charge >= 0.3 is 5.97 Å². The SMILES string of the molecule is COC(=O)C(O)CNC(=O)Cc1ccccn1. The Kier molecular flexibility index (Phi) is 5.09. The minimum absolute atomic E-state index is 0.106. The number of aliphatic hydroxyl groups is 1. The van der Waals surface area contributed by atoms with E-state index >= 15 is 0 Å². The Morgan fingerprint density at radius 1 is 1.53 bits per heavy atom. The second-order valence-electron chi connectivity index (χ2n) is 3.34. The first-order chi connectivity index (χ1) is 8.13. The molecule has 0 aromatic carbocycles. The van der Waals surface area contributed by atoms with Crippen LogP contribution in [0.2, 0.25) is 0 Å². The zero-order valence-corrected chi connectivity index (χ0v) is 9.42. The Hall–Kier alpha value is -1.95. The zero-order valence-electron chi connectivity index (χ0n) is 9.42. The number of aliphatic hydroxyl groups excluding tert-OH is 1. The van der Waals surface area contributed by atoms with Crippen molar-refractivity contribution in [2.24, 2.45) is 0 Å². The molecule has 1 heterocycles. The number of carbonyl (C=O) groups excluding carboxylic acids is 2. The van der Waals surface area contributed by atoms with Gasteiger partial charge in [-0.1, -0.05) is 6.07 Å². The fraction of sp³-hybridized carbons (Fsp3) is 0.364. The van der Waals surface area contributed by atoms with Gasteiger partial charge in [0.25, 0.3) is 0 Å². The molecule has 17 heavy (non-hydrogen) atoms. The van der Waals surface area contributed by atoms with Crippen molar-refractivity contribution < 1.29 is 19.4 Å². The fourth-order valence-corrected chi connectivity index (χ4v) is 1.16. The van der Waals surface area contributed by atoms with Gasteiger partial charge in [0.05, 0.1) is 20.1 Å². The Morgan fingerprint density at radius 2 is 2.29 bits per heavy atom. The van der Waals surface area contributed by atoms with Crippen molar-refractivity contribution in [2.75, 3.05) is 13.7 Å². The summed E-state index contributed by atoms with van der Waals surface area (Å²) in [7, 11) is 1.17. The molecule has 0 fully saturated rings. The number of ether oxygens (including phenoxy) is 1. The van der Waals surface area contributed by atoms with Crippen LogP contribution in [-0.4, -0.2) is 41.7 Å². The third-order valence-corrected chi connectivity index (χ3v) is 2.03. The molecular formula is C11H14N2O4. The van der Waals surface area contributed by atoms with Gasteiger partial charge in [-0.2, -0.15) is 0 Å². The first kappa shape index (κ1) is 13.1. The summed E-state index contributed by atoms with van der Waals surface area (Å²) in [5.74, 6) is -1.09. The minimum Gasteiger partial charge on any atom is -0.467 e. The molecule has 6 heteroatoms. The van der Waals surface area contributed by atoms with Gasteiger partial charge in [-0.15, -0.1) is 0 Å². The van der Waals surface area contributed by atoms with Gasteiger partial charge in [0.1, 0.15) is 0 Å². The molecule has 0 spiro atoms. The second-order valence-corrected chi connectivity index (χ2v) is 3.34. The quantitative estimate of drug-likeness (QED) is 0.660. The highest BCUT2D eigenvalue weighted by Gasteiger charge is 2.16. The highest BCUT2D eigenvalue weighted by molar-refractivity contribution is 5.80. The predicted molar refractivity (Wildman–Crippen MR) is 59.0 cm³/mol. The molecule has 0 radical (unpaired) electrons. The number of carbonyl (C=O) groups is 2. The van der Waals surface area contributed by atoms with Gasteiger partial charge in [0.2, 0.25) is 5.91 Å². The molecule has 1 atom stereocenters. The molecule has 1 aromatic heterocycles. The summed E-state index contributed by atoms with van der Waals surface area (Å²) in [5.41, 5.74) is 0.623. The summed E-state index contributed by atoms with van der Waals surface area (Å²) in [4.78, 5) is 26.2. The Labute approximate surface area is 98.6 Å². The predicted octanol–water partition coefficient (Wildman–Crippen LogP) is -0.726. The smallest absolute Gasteiger partial charge is 0.336 e. The molecule has 2 N–H and O–H groups in total. The minimum atomic E-state index is -1.34. The number of aromatic nitrogens is 1. The van der Waals surface area contributed by atoms with Gasteiger partial charge in [-0.25, -0.2) is 4.79 Å². The molecule has 0 aliphatic rings. The molecule has 0 aliphatic heterocycles. The zero-order chi connectivity index (χ0) is 12.7. The van der Waals surface area contributed by atoms with Crippen LogP contribution in [0.5, 0.6) is 0 Å². The van der Waals surface area contributed by atoms with Crippen LogP contribution < -0.4 is 5.32 Å². The standard InChI is InChI=1S/C11H14N2O4/c1-17-11(16)9(14)7-13-10(15)6-8-4-2-3-5-12-8/h2-5,9,14H,6-7H2,1H3,(H,13,15). The van der Waals surface area contributed by atoms with Gasteiger partial charge in [-0.3, -0.25) is 9.78 Å². The van der Waals surface area contributed by atoms with Crippen molar-refractivity contribution in [3.05, 3.63) is 30.1 Å². The van der Waals surface area contributed by atoms with E-state index in [0.717, 1.165) is 0 Å². The van der Waals surface area contributed by atoms with Gasteiger partial charge in [-0.05, 0) is 12.1 Å². The third-order valence-electron chi connectivity index (χ3n) is 2.03. The van der Waals surface area contributed by atoms with Crippen LogP contribution in [0.3, 0.4) is 0 Å². The van der Waals surface area contributed by atoms with E-state index in [0.29, 0.717) is 5.69 Å². The van der Waals surface area contributed by atoms with E-state index in [9.17, 15) is 14.7 Å². The van der Waals surface area contributed by atoms with Gasteiger partial charge in [0.15, 0.2) is 6.10 Å². The van der Waals surface area contributed by atoms with Crippen LogP contribution in [-0.2, 0) is 20.7 Å². The van der Waals surface area contributed by atoms with E-state index in [1.807, 2.05) is 0 Å². The molecule has 6 nitrogen and oxygen atoms in total. The number of nitrogens with zero attached hydrogens (tertiary/aromatic N) is 1. The summed E-state index contributed by atoms with van der Waals surface area (Å²) >= 11 is 0. The van der Waals surface area contributed by atoms with Crippen molar-refractivity contribution in [1.29, 1.82) is 0 Å². The Balaban J connectivity index is 2.33. The highest BCUT2D eigenvalue weighted by Crippen LogP contribution is 1.94. The van der Waals surface area contributed by atoms with Crippen molar-refractivity contribution >= 4 is 11.9 Å². The number of rotatable bonds is 5. The molecule has 0 saturated carbocycles. The lowest BCUT2D eigenvalue weighted by atomic mass is 10.2. The maximum Gasteiger partial charge on any atom is 0.336 e. The molecule has 1 rings (SSSR count). The maximum atomic E-state index is 11.4. The molecule has 0 saturated heterocycles. The van der Waals surface area contributed by atoms with E-state index in [-0.39, 0.29) is 18.9 Å². The summed E-state index contributed by atoms with van der Waals surface area (Å²) in [6.07, 6.45) is 0.355. The number of hydrogen-bond donors (Lipinski definition) is 2. The highest BCUT2D eigenvalue weighted by atomic mass is 16.5. The topological polar surface area (TPSA) is 88.5 Å². The lowest BCUT2D eigenvalue weighted by Gasteiger charge is -2.09. The van der Waals surface area contributed by atoms with E-state index in [4.69, 9.17) is 0 Å². The average molecular weight is 238 g/mol. The van der Waals surface area contributed by atoms with Crippen LogP contribution in [0, 0.1) is 0 Å². The summed E-state index contributed by atoms with van der Waals surface area (Å²) in [6, 6.07) is 5.25. The number of pyridine rings is 1. The first-order valence-electron chi connectivity index (χ1n) is 5.06. The number of methoxy groups -OCH3 is 1. The summed E-state index contributed by atoms with van der Waals surface area (Å²) in [6.45, 7) is -0.168. The van der Waals surface area contributed by atoms with E-state index < -0.39 is 12.1 Å². The van der Waals surface area contributed by atoms with Crippen LogP contribution >= 0.6 is 0 Å². The normalized spacial score (nSPS) is 11.6. The molecule has 92 valence electrons. The molecular weight excluding hydrogens is 224 g/mol. The third kappa shape index (κ3) is 4.60. The van der Waals surface area contributed by atoms with Crippen molar-refractivity contribution in [3.63, 3.8) is 0 Å². The maximum absolute atomic E-state index is 11.4. The van der Waals surface area contributed by atoms with E-state index in [1.54, 1.807) is 24.4 Å². The van der Waals surface area contributed by atoms with Crippen LogP contribution in [0.25, 0.3) is 0 Å². The molecule has 1 unspecified atom stereocenters. The molecule has 0 aliphatic carbocycles. The lowest BCUT2D eigenvalue weighted by Crippen LogP contribution is -2.37. The number of nitrogens with one attached hydrogen (secondary N) is 1. The largest absolute Gasteiger partial charge is 0.467 e. The Bertz CT molecular complexity index is 380. The molecule has 1 aromatic rings. The van der Waals surface area contributed by atoms with Crippen molar-refractivity contribution in [1.82, 2.24) is 10.3 Å². The van der Waals surface area contributed by atoms with Crippen LogP contribution in [0.1, 0.15) is 5.69 Å². The lowest BCUT2D eigenvalue weighted by molar-refractivity contribution is -0.150. The number of hydrogen-bond acceptors (Lipinski definition) is 5. The number of amides is 1. The summed E-state index contributed by atoms with van der Waals surface area (Å²) in [5, 5.41) is 11.6. The fourth-order valence-electron chi connectivity index (χ4n) is 1.16. The van der Waals surface area contributed by atoms with Crippen molar-refractivity contribution in [3.8, 4) is 0 Å². The van der Waals surface area contributed by atoms with Crippen molar-refractivity contribution in [2.45, 2.75) is 12.5 Å². The molecule has 1 amide bonds. The van der Waals surface area contributed by atoms with Gasteiger partial charge < -0.3 is 15.2 Å². The first-order valence-corrected chi connectivity index (χ1v) is 5.06.